The van der Waals surface area contributed by atoms with E-state index in [0.717, 1.165) is 22.9 Å². The molecule has 0 aromatic heterocycles. The molecule has 0 aliphatic carbocycles. The van der Waals surface area contributed by atoms with Crippen LogP contribution in [0, 0.1) is 0 Å². The van der Waals surface area contributed by atoms with Gasteiger partial charge in [0.05, 0.1) is 5.56 Å². The number of benzene rings is 3. The average Bonchev–Trinajstić information content (AvgIpc) is 2.61. The van der Waals surface area contributed by atoms with E-state index in [1.54, 1.807) is 13.0 Å². The lowest BCUT2D eigenvalue weighted by Gasteiger charge is -2.16. The summed E-state index contributed by atoms with van der Waals surface area (Å²) >= 11 is 0. The molecule has 0 spiro atoms. The summed E-state index contributed by atoms with van der Waals surface area (Å²) < 4.78 is 43.5. The lowest BCUT2D eigenvalue weighted by Crippen LogP contribution is -2.30. The molecule has 1 atom stereocenters. The van der Waals surface area contributed by atoms with Crippen molar-refractivity contribution in [3.05, 3.63) is 72.3 Å². The fourth-order valence-electron chi connectivity index (χ4n) is 2.53. The second kappa shape index (κ2) is 7.07. The molecular weight excluding hydrogens is 343 g/mol. The number of rotatable bonds is 4. The first-order valence-electron chi connectivity index (χ1n) is 7.97. The molecule has 0 saturated heterocycles. The molecule has 26 heavy (non-hydrogen) atoms. The minimum absolute atomic E-state index is 0.274. The predicted molar refractivity (Wildman–Crippen MR) is 94.1 cm³/mol. The smallest absolute Gasteiger partial charge is 0.416 e. The summed E-state index contributed by atoms with van der Waals surface area (Å²) in [6, 6.07) is 17.4. The number of anilines is 1. The molecule has 0 radical (unpaired) electrons. The number of hydrogen-bond acceptors (Lipinski definition) is 2. The third-order valence-corrected chi connectivity index (χ3v) is 3.90. The van der Waals surface area contributed by atoms with Crippen LogP contribution in [-0.2, 0) is 11.0 Å². The molecule has 3 aromatic carbocycles. The maximum Gasteiger partial charge on any atom is 0.416 e. The second-order valence-electron chi connectivity index (χ2n) is 5.80. The van der Waals surface area contributed by atoms with Crippen LogP contribution in [0.25, 0.3) is 10.8 Å². The second-order valence-corrected chi connectivity index (χ2v) is 5.80. The predicted octanol–water partition coefficient (Wildman–Crippen LogP) is 5.26. The number of nitrogens with one attached hydrogen (secondary N) is 1. The van der Waals surface area contributed by atoms with Crippen molar-refractivity contribution in [1.82, 2.24) is 0 Å². The zero-order valence-corrected chi connectivity index (χ0v) is 13.9. The van der Waals surface area contributed by atoms with Gasteiger partial charge in [0.2, 0.25) is 0 Å². The fraction of sp³-hybridized carbons (Fsp3) is 0.150. The summed E-state index contributed by atoms with van der Waals surface area (Å²) in [6.07, 6.45) is -5.23. The van der Waals surface area contributed by atoms with Crippen LogP contribution in [-0.4, -0.2) is 12.0 Å². The van der Waals surface area contributed by atoms with Crippen molar-refractivity contribution in [3.8, 4) is 5.75 Å². The molecule has 1 N–H and O–H groups in total. The highest BCUT2D eigenvalue weighted by molar-refractivity contribution is 5.95. The molecule has 0 bridgehead atoms. The van der Waals surface area contributed by atoms with Gasteiger partial charge in [-0.3, -0.25) is 4.79 Å². The Hall–Kier alpha value is -3.02. The highest BCUT2D eigenvalue weighted by atomic mass is 19.4. The first-order valence-corrected chi connectivity index (χ1v) is 7.97. The Labute approximate surface area is 148 Å². The minimum atomic E-state index is -4.41. The zero-order valence-electron chi connectivity index (χ0n) is 13.9. The van der Waals surface area contributed by atoms with Gasteiger partial charge in [-0.2, -0.15) is 13.2 Å². The number of hydrogen-bond donors (Lipinski definition) is 1. The molecular formula is C20H16F3NO2. The first kappa shape index (κ1) is 17.8. The van der Waals surface area contributed by atoms with E-state index in [4.69, 9.17) is 4.74 Å². The molecule has 3 rings (SSSR count). The summed E-state index contributed by atoms with van der Waals surface area (Å²) in [5.74, 6) is 0.121. The van der Waals surface area contributed by atoms with Gasteiger partial charge in [0.15, 0.2) is 6.10 Å². The summed E-state index contributed by atoms with van der Waals surface area (Å²) in [5.41, 5.74) is -0.494. The number of amides is 1. The van der Waals surface area contributed by atoms with Crippen molar-refractivity contribution in [2.45, 2.75) is 19.2 Å². The molecule has 0 unspecified atom stereocenters. The van der Waals surface area contributed by atoms with Crippen LogP contribution in [0.3, 0.4) is 0 Å². The van der Waals surface area contributed by atoms with Crippen LogP contribution >= 0.6 is 0 Å². The summed E-state index contributed by atoms with van der Waals surface area (Å²) in [7, 11) is 0. The van der Waals surface area contributed by atoms with Crippen molar-refractivity contribution < 1.29 is 22.7 Å². The van der Waals surface area contributed by atoms with E-state index in [1.807, 2.05) is 36.4 Å². The van der Waals surface area contributed by atoms with E-state index in [0.29, 0.717) is 5.75 Å². The Balaban J connectivity index is 1.70. The lowest BCUT2D eigenvalue weighted by molar-refractivity contribution is -0.137. The highest BCUT2D eigenvalue weighted by Crippen LogP contribution is 2.30. The summed E-state index contributed by atoms with van der Waals surface area (Å²) in [5, 5.41) is 4.42. The van der Waals surface area contributed by atoms with Gasteiger partial charge in [-0.05, 0) is 42.6 Å². The third kappa shape index (κ3) is 3.96. The molecule has 1 amide bonds. The minimum Gasteiger partial charge on any atom is -0.480 e. The summed E-state index contributed by atoms with van der Waals surface area (Å²) in [4.78, 5) is 12.3. The van der Waals surface area contributed by atoms with E-state index in [9.17, 15) is 18.0 Å². The molecule has 134 valence electrons. The van der Waals surface area contributed by atoms with Crippen molar-refractivity contribution in [3.63, 3.8) is 0 Å². The topological polar surface area (TPSA) is 38.3 Å². The van der Waals surface area contributed by atoms with Gasteiger partial charge < -0.3 is 10.1 Å². The number of fused-ring (bicyclic) bond motifs is 1. The molecule has 3 nitrogen and oxygen atoms in total. The van der Waals surface area contributed by atoms with Gasteiger partial charge in [0, 0.05) is 11.1 Å². The van der Waals surface area contributed by atoms with E-state index < -0.39 is 23.8 Å². The summed E-state index contributed by atoms with van der Waals surface area (Å²) in [6.45, 7) is 1.58. The van der Waals surface area contributed by atoms with Crippen molar-refractivity contribution >= 4 is 22.4 Å². The van der Waals surface area contributed by atoms with Gasteiger partial charge in [-0.25, -0.2) is 0 Å². The Bertz CT molecular complexity index is 915. The molecule has 0 saturated carbocycles. The van der Waals surface area contributed by atoms with Crippen LogP contribution < -0.4 is 10.1 Å². The number of carbonyl (C=O) groups excluding carboxylic acids is 1. The Morgan fingerprint density at radius 2 is 1.62 bits per heavy atom. The standard InChI is InChI=1S/C20H16F3NO2/c1-13(26-18-8-4-6-14-5-2-3-7-17(14)18)19(25)24-16-11-9-15(10-12-16)20(21,22)23/h2-13H,1H3,(H,24,25)/t13-/m1/s1. The van der Waals surface area contributed by atoms with Crippen molar-refractivity contribution in [1.29, 1.82) is 0 Å². The molecule has 6 heteroatoms. The van der Waals surface area contributed by atoms with Gasteiger partial charge >= 0.3 is 6.18 Å². The number of carbonyl (C=O) groups is 1. The van der Waals surface area contributed by atoms with Crippen LogP contribution in [0.15, 0.2) is 66.7 Å². The maximum atomic E-state index is 12.6. The fourth-order valence-corrected chi connectivity index (χ4v) is 2.53. The van der Waals surface area contributed by atoms with Gasteiger partial charge in [-0.15, -0.1) is 0 Å². The van der Waals surface area contributed by atoms with Crippen LogP contribution in [0.5, 0.6) is 5.75 Å². The Morgan fingerprint density at radius 3 is 2.31 bits per heavy atom. The lowest BCUT2D eigenvalue weighted by atomic mass is 10.1. The van der Waals surface area contributed by atoms with Gasteiger partial charge in [0.25, 0.3) is 5.91 Å². The van der Waals surface area contributed by atoms with Crippen molar-refractivity contribution in [2.75, 3.05) is 5.32 Å². The average molecular weight is 359 g/mol. The zero-order chi connectivity index (χ0) is 18.7. The molecule has 3 aromatic rings. The van der Waals surface area contributed by atoms with Crippen LogP contribution in [0.1, 0.15) is 12.5 Å². The van der Waals surface area contributed by atoms with Crippen LogP contribution in [0.4, 0.5) is 18.9 Å². The third-order valence-electron chi connectivity index (χ3n) is 3.90. The van der Waals surface area contributed by atoms with E-state index in [1.165, 1.54) is 12.1 Å². The van der Waals surface area contributed by atoms with Gasteiger partial charge in [-0.1, -0.05) is 36.4 Å². The van der Waals surface area contributed by atoms with Crippen LogP contribution in [0.2, 0.25) is 0 Å². The monoisotopic (exact) mass is 359 g/mol. The Morgan fingerprint density at radius 1 is 0.962 bits per heavy atom. The Kier molecular flexibility index (Phi) is 4.84. The SMILES string of the molecule is C[C@@H](Oc1cccc2ccccc12)C(=O)Nc1ccc(C(F)(F)F)cc1. The van der Waals surface area contributed by atoms with Crippen molar-refractivity contribution in [2.24, 2.45) is 0 Å². The first-order chi connectivity index (χ1) is 12.3. The number of ether oxygens (including phenoxy) is 1. The van der Waals surface area contributed by atoms with E-state index >= 15 is 0 Å². The highest BCUT2D eigenvalue weighted by Gasteiger charge is 2.30. The molecule has 0 fully saturated rings. The maximum absolute atomic E-state index is 12.6. The number of alkyl halides is 3. The number of halogens is 3. The normalized spacial score (nSPS) is 12.6. The van der Waals surface area contributed by atoms with E-state index in [2.05, 4.69) is 5.32 Å². The molecule has 0 aliphatic heterocycles. The van der Waals surface area contributed by atoms with E-state index in [-0.39, 0.29) is 5.69 Å². The largest absolute Gasteiger partial charge is 0.480 e. The molecule has 0 aliphatic rings. The molecule has 0 heterocycles. The van der Waals surface area contributed by atoms with Gasteiger partial charge in [0.1, 0.15) is 5.75 Å². The quantitative estimate of drug-likeness (QED) is 0.690.